The summed E-state index contributed by atoms with van der Waals surface area (Å²) in [6.07, 6.45) is 5.44. The van der Waals surface area contributed by atoms with Crippen LogP contribution in [0.1, 0.15) is 5.56 Å². The predicted molar refractivity (Wildman–Crippen MR) is 112 cm³/mol. The van der Waals surface area contributed by atoms with Crippen molar-refractivity contribution in [1.82, 2.24) is 14.9 Å². The molecule has 3 rings (SSSR count). The van der Waals surface area contributed by atoms with Crippen LogP contribution in [0.2, 0.25) is 0 Å². The second-order valence-corrected chi connectivity index (χ2v) is 6.00. The molecule has 0 aliphatic rings. The van der Waals surface area contributed by atoms with Crippen LogP contribution in [0.4, 0.5) is 0 Å². The predicted octanol–water partition coefficient (Wildman–Crippen LogP) is 4.18. The molecule has 0 unspecified atom stereocenters. The van der Waals surface area contributed by atoms with Crippen molar-refractivity contribution >= 4 is 24.5 Å². The van der Waals surface area contributed by atoms with Gasteiger partial charge in [-0.05, 0) is 36.0 Å². The lowest BCUT2D eigenvalue weighted by atomic mass is 10.1. The zero-order chi connectivity index (χ0) is 19.9. The highest BCUT2D eigenvalue weighted by Gasteiger charge is 2.17. The first kappa shape index (κ1) is 19.4. The van der Waals surface area contributed by atoms with E-state index in [1.807, 2.05) is 42.5 Å². The number of aromatic nitrogens is 3. The second kappa shape index (κ2) is 9.01. The van der Waals surface area contributed by atoms with E-state index in [1.54, 1.807) is 39.7 Å². The lowest BCUT2D eigenvalue weighted by molar-refractivity contribution is 0.324. The molecule has 2 aromatic carbocycles. The molecule has 0 radical (unpaired) electrons. The minimum Gasteiger partial charge on any atom is -0.493 e. The molecule has 0 saturated carbocycles. The van der Waals surface area contributed by atoms with Gasteiger partial charge in [-0.2, -0.15) is 14.9 Å². The highest BCUT2D eigenvalue weighted by molar-refractivity contribution is 7.71. The van der Waals surface area contributed by atoms with Crippen LogP contribution in [-0.4, -0.2) is 42.4 Å². The summed E-state index contributed by atoms with van der Waals surface area (Å²) in [7, 11) is 4.68. The molecule has 28 heavy (non-hydrogen) atoms. The molecule has 8 heteroatoms. The molecule has 0 aliphatic carbocycles. The number of nitrogens with one attached hydrogen (secondary N) is 1. The highest BCUT2D eigenvalue weighted by Crippen LogP contribution is 2.40. The van der Waals surface area contributed by atoms with E-state index in [0.717, 1.165) is 5.56 Å². The Hall–Kier alpha value is -3.39. The Kier molecular flexibility index (Phi) is 6.23. The third kappa shape index (κ3) is 4.12. The average molecular weight is 396 g/mol. The van der Waals surface area contributed by atoms with Crippen molar-refractivity contribution in [2.24, 2.45) is 5.10 Å². The van der Waals surface area contributed by atoms with E-state index in [-0.39, 0.29) is 0 Å². The minimum atomic E-state index is 0.369. The Bertz CT molecular complexity index is 1030. The summed E-state index contributed by atoms with van der Waals surface area (Å²) in [6.45, 7) is 0. The molecule has 0 amide bonds. The summed E-state index contributed by atoms with van der Waals surface area (Å²) in [5, 5.41) is 11.5. The molecule has 0 atom stereocenters. The van der Waals surface area contributed by atoms with Crippen LogP contribution in [0.3, 0.4) is 0 Å². The zero-order valence-corrected chi connectivity index (χ0v) is 16.6. The summed E-state index contributed by atoms with van der Waals surface area (Å²) in [5.41, 5.74) is 1.79. The van der Waals surface area contributed by atoms with E-state index in [0.29, 0.717) is 33.4 Å². The van der Waals surface area contributed by atoms with Crippen LogP contribution in [0, 0.1) is 4.77 Å². The molecule has 1 aromatic heterocycles. The number of hydrogen-bond acceptors (Lipinski definition) is 6. The molecule has 0 fully saturated rings. The van der Waals surface area contributed by atoms with Gasteiger partial charge in [-0.3, -0.25) is 0 Å². The number of methoxy groups -OCH3 is 3. The maximum atomic E-state index is 5.41. The van der Waals surface area contributed by atoms with Gasteiger partial charge in [0.15, 0.2) is 17.3 Å². The minimum absolute atomic E-state index is 0.369. The molecule has 1 heterocycles. The van der Waals surface area contributed by atoms with E-state index in [1.165, 1.54) is 4.68 Å². The molecule has 3 aromatic rings. The second-order valence-electron chi connectivity index (χ2n) is 5.61. The van der Waals surface area contributed by atoms with Crippen molar-refractivity contribution in [3.05, 3.63) is 58.9 Å². The fourth-order valence-electron chi connectivity index (χ4n) is 2.62. The normalized spacial score (nSPS) is 11.2. The standard InChI is InChI=1S/C20H20N4O3S/c1-25-16-12-15(13-17(26-2)18(16)27-3)19-22-23-20(28)24(19)21-11-7-10-14-8-5-4-6-9-14/h4-13H,1-3H3,(H,23,28). The Morgan fingerprint density at radius 3 is 2.32 bits per heavy atom. The smallest absolute Gasteiger partial charge is 0.216 e. The largest absolute Gasteiger partial charge is 0.493 e. The van der Waals surface area contributed by atoms with E-state index in [9.17, 15) is 0 Å². The SMILES string of the molecule is COc1cc(-c2n[nH]c(=S)n2N=CC=Cc2ccccc2)cc(OC)c1OC. The maximum absolute atomic E-state index is 5.41. The lowest BCUT2D eigenvalue weighted by Crippen LogP contribution is -1.98. The third-order valence-corrected chi connectivity index (χ3v) is 4.19. The summed E-state index contributed by atoms with van der Waals surface area (Å²) in [6, 6.07) is 13.5. The number of nitrogens with zero attached hydrogens (tertiary/aromatic N) is 3. The van der Waals surface area contributed by atoms with Crippen LogP contribution >= 0.6 is 12.2 Å². The van der Waals surface area contributed by atoms with Crippen LogP contribution < -0.4 is 14.2 Å². The number of allylic oxidation sites excluding steroid dienone is 1. The molecular weight excluding hydrogens is 376 g/mol. The summed E-state index contributed by atoms with van der Waals surface area (Å²) in [5.74, 6) is 2.06. The fraction of sp³-hybridized carbons (Fsp3) is 0.150. The zero-order valence-electron chi connectivity index (χ0n) is 15.7. The molecule has 7 nitrogen and oxygen atoms in total. The van der Waals surface area contributed by atoms with Crippen molar-refractivity contribution in [3.63, 3.8) is 0 Å². The summed E-state index contributed by atoms with van der Waals surface area (Å²) >= 11 is 5.31. The van der Waals surface area contributed by atoms with Crippen molar-refractivity contribution in [3.8, 4) is 28.6 Å². The first-order chi connectivity index (χ1) is 13.7. The molecular formula is C20H20N4O3S. The van der Waals surface area contributed by atoms with Gasteiger partial charge in [0.25, 0.3) is 0 Å². The van der Waals surface area contributed by atoms with Crippen LogP contribution in [-0.2, 0) is 0 Å². The molecule has 0 spiro atoms. The van der Waals surface area contributed by atoms with Crippen molar-refractivity contribution in [1.29, 1.82) is 0 Å². The first-order valence-electron chi connectivity index (χ1n) is 8.41. The van der Waals surface area contributed by atoms with Crippen LogP contribution in [0.25, 0.3) is 17.5 Å². The molecule has 144 valence electrons. The Morgan fingerprint density at radius 2 is 1.71 bits per heavy atom. The Morgan fingerprint density at radius 1 is 1.04 bits per heavy atom. The van der Waals surface area contributed by atoms with Gasteiger partial charge in [0.1, 0.15) is 0 Å². The van der Waals surface area contributed by atoms with E-state index < -0.39 is 0 Å². The van der Waals surface area contributed by atoms with Crippen molar-refractivity contribution in [2.45, 2.75) is 0 Å². The van der Waals surface area contributed by atoms with Gasteiger partial charge >= 0.3 is 0 Å². The number of aromatic amines is 1. The fourth-order valence-corrected chi connectivity index (χ4v) is 2.80. The van der Waals surface area contributed by atoms with E-state index in [4.69, 9.17) is 26.4 Å². The van der Waals surface area contributed by atoms with Crippen LogP contribution in [0.5, 0.6) is 17.2 Å². The highest BCUT2D eigenvalue weighted by atomic mass is 32.1. The van der Waals surface area contributed by atoms with Gasteiger partial charge in [0.2, 0.25) is 10.5 Å². The van der Waals surface area contributed by atoms with Crippen molar-refractivity contribution in [2.75, 3.05) is 21.3 Å². The lowest BCUT2D eigenvalue weighted by Gasteiger charge is -2.13. The van der Waals surface area contributed by atoms with Gasteiger partial charge in [0.05, 0.1) is 21.3 Å². The van der Waals surface area contributed by atoms with Crippen molar-refractivity contribution < 1.29 is 14.2 Å². The quantitative estimate of drug-likeness (QED) is 0.479. The Balaban J connectivity index is 1.96. The van der Waals surface area contributed by atoms with Crippen LogP contribution in [0.15, 0.2) is 53.6 Å². The summed E-state index contributed by atoms with van der Waals surface area (Å²) < 4.78 is 18.1. The Labute approximate surface area is 167 Å². The number of hydrogen-bond donors (Lipinski definition) is 1. The van der Waals surface area contributed by atoms with Gasteiger partial charge in [-0.25, -0.2) is 5.10 Å². The third-order valence-electron chi connectivity index (χ3n) is 3.93. The van der Waals surface area contributed by atoms with E-state index >= 15 is 0 Å². The number of H-pyrrole nitrogens is 1. The van der Waals surface area contributed by atoms with Gasteiger partial charge in [0, 0.05) is 11.8 Å². The molecule has 0 bridgehead atoms. The monoisotopic (exact) mass is 396 g/mol. The number of ether oxygens (including phenoxy) is 3. The van der Waals surface area contributed by atoms with Gasteiger partial charge in [-0.1, -0.05) is 36.4 Å². The summed E-state index contributed by atoms with van der Waals surface area (Å²) in [4.78, 5) is 0. The molecule has 1 N–H and O–H groups in total. The van der Waals surface area contributed by atoms with Gasteiger partial charge < -0.3 is 14.2 Å². The molecule has 0 aliphatic heterocycles. The number of rotatable bonds is 7. The maximum Gasteiger partial charge on any atom is 0.216 e. The molecule has 0 saturated heterocycles. The average Bonchev–Trinajstić information content (AvgIpc) is 3.11. The van der Waals surface area contributed by atoms with E-state index in [2.05, 4.69) is 15.3 Å². The topological polar surface area (TPSA) is 73.7 Å². The van der Waals surface area contributed by atoms with Gasteiger partial charge in [-0.15, -0.1) is 0 Å². The first-order valence-corrected chi connectivity index (χ1v) is 8.82. The number of benzene rings is 2.